The highest BCUT2D eigenvalue weighted by molar-refractivity contribution is 9.10. The van der Waals surface area contributed by atoms with E-state index in [9.17, 15) is 9.59 Å². The number of fused-ring (bicyclic) bond motifs is 1. The Morgan fingerprint density at radius 3 is 2.37 bits per heavy atom. The van der Waals surface area contributed by atoms with Gasteiger partial charge in [0.05, 0.1) is 51.6 Å². The Hall–Kier alpha value is -2.69. The van der Waals surface area contributed by atoms with Crippen molar-refractivity contribution in [2.45, 2.75) is 19.9 Å². The zero-order valence-corrected chi connectivity index (χ0v) is 23.4. The second-order valence-electron chi connectivity index (χ2n) is 7.59. The van der Waals surface area contributed by atoms with E-state index in [1.54, 1.807) is 44.8 Å². The minimum absolute atomic E-state index is 0.214. The van der Waals surface area contributed by atoms with Gasteiger partial charge in [-0.15, -0.1) is 0 Å². The molecular weight excluding hydrogens is 600 g/mol. The van der Waals surface area contributed by atoms with Crippen LogP contribution < -0.4 is 24.4 Å². The molecule has 4 rings (SSSR count). The fourth-order valence-electron chi connectivity index (χ4n) is 3.88. The van der Waals surface area contributed by atoms with Gasteiger partial charge >= 0.3 is 5.97 Å². The van der Waals surface area contributed by atoms with Crippen LogP contribution in [-0.4, -0.2) is 31.4 Å². The van der Waals surface area contributed by atoms with Crippen LogP contribution in [0.5, 0.6) is 11.5 Å². The van der Waals surface area contributed by atoms with Crippen molar-refractivity contribution in [2.75, 3.05) is 20.8 Å². The number of carbonyl (C=O) groups is 1. The van der Waals surface area contributed by atoms with Crippen molar-refractivity contribution in [1.29, 1.82) is 0 Å². The van der Waals surface area contributed by atoms with Crippen molar-refractivity contribution in [3.05, 3.63) is 87.4 Å². The maximum absolute atomic E-state index is 13.7. The third kappa shape index (κ3) is 4.87. The highest BCUT2D eigenvalue weighted by Crippen LogP contribution is 2.35. The van der Waals surface area contributed by atoms with E-state index in [0.717, 1.165) is 15.6 Å². The monoisotopic (exact) mass is 620 g/mol. The smallest absolute Gasteiger partial charge is 0.338 e. The van der Waals surface area contributed by atoms with Crippen molar-refractivity contribution in [1.82, 2.24) is 4.57 Å². The number of thiazole rings is 1. The first-order valence-corrected chi connectivity index (χ1v) is 13.1. The first-order valence-electron chi connectivity index (χ1n) is 10.7. The predicted molar refractivity (Wildman–Crippen MR) is 142 cm³/mol. The van der Waals surface area contributed by atoms with E-state index in [4.69, 9.17) is 14.2 Å². The van der Waals surface area contributed by atoms with E-state index in [1.807, 2.05) is 30.3 Å². The third-order valence-corrected chi connectivity index (χ3v) is 7.70. The van der Waals surface area contributed by atoms with Gasteiger partial charge in [0, 0.05) is 0 Å². The molecular formula is C25H22Br2N2O5S. The molecule has 3 aromatic rings. The number of hydrogen-bond acceptors (Lipinski definition) is 7. The van der Waals surface area contributed by atoms with E-state index in [1.165, 1.54) is 11.3 Å². The van der Waals surface area contributed by atoms with Crippen LogP contribution in [0.2, 0.25) is 0 Å². The molecule has 0 bridgehead atoms. The molecule has 0 radical (unpaired) electrons. The zero-order valence-electron chi connectivity index (χ0n) is 19.4. The van der Waals surface area contributed by atoms with Crippen molar-refractivity contribution >= 4 is 55.2 Å². The van der Waals surface area contributed by atoms with Gasteiger partial charge in [-0.05, 0) is 87.2 Å². The Morgan fingerprint density at radius 1 is 1.11 bits per heavy atom. The van der Waals surface area contributed by atoms with E-state index < -0.39 is 12.0 Å². The van der Waals surface area contributed by atoms with Gasteiger partial charge in [-0.25, -0.2) is 9.79 Å². The van der Waals surface area contributed by atoms with E-state index >= 15 is 0 Å². The number of carbonyl (C=O) groups excluding carboxylic acids is 1. The lowest BCUT2D eigenvalue weighted by atomic mass is 9.96. The number of aromatic nitrogens is 1. The molecule has 182 valence electrons. The average Bonchev–Trinajstić information content (AvgIpc) is 3.12. The Labute approximate surface area is 222 Å². The molecule has 2 aromatic carbocycles. The fourth-order valence-corrected chi connectivity index (χ4v) is 6.05. The summed E-state index contributed by atoms with van der Waals surface area (Å²) in [5.74, 6) is 0.840. The summed E-state index contributed by atoms with van der Waals surface area (Å²) >= 11 is 8.27. The van der Waals surface area contributed by atoms with E-state index in [2.05, 4.69) is 36.9 Å². The summed E-state index contributed by atoms with van der Waals surface area (Å²) in [4.78, 5) is 31.8. The molecule has 0 fully saturated rings. The van der Waals surface area contributed by atoms with Gasteiger partial charge in [-0.2, -0.15) is 0 Å². The molecule has 1 aliphatic rings. The van der Waals surface area contributed by atoms with Gasteiger partial charge in [-0.3, -0.25) is 9.36 Å². The van der Waals surface area contributed by atoms with Gasteiger partial charge in [0.2, 0.25) is 0 Å². The van der Waals surface area contributed by atoms with E-state index in [0.29, 0.717) is 36.6 Å². The quantitative estimate of drug-likeness (QED) is 0.383. The molecule has 1 aromatic heterocycles. The molecule has 1 aliphatic heterocycles. The van der Waals surface area contributed by atoms with Gasteiger partial charge in [0.25, 0.3) is 5.56 Å². The summed E-state index contributed by atoms with van der Waals surface area (Å²) in [7, 11) is 3.17. The molecule has 0 spiro atoms. The van der Waals surface area contributed by atoms with Crippen molar-refractivity contribution in [3.63, 3.8) is 0 Å². The molecule has 0 aliphatic carbocycles. The Balaban J connectivity index is 1.94. The molecule has 10 heteroatoms. The maximum atomic E-state index is 13.7. The lowest BCUT2D eigenvalue weighted by molar-refractivity contribution is -0.139. The lowest BCUT2D eigenvalue weighted by Crippen LogP contribution is -2.39. The van der Waals surface area contributed by atoms with Crippen molar-refractivity contribution in [3.8, 4) is 11.5 Å². The highest BCUT2D eigenvalue weighted by Gasteiger charge is 2.33. The van der Waals surface area contributed by atoms with Gasteiger partial charge in [0.15, 0.2) is 4.80 Å². The van der Waals surface area contributed by atoms with Crippen LogP contribution in [0.3, 0.4) is 0 Å². The molecule has 2 heterocycles. The third-order valence-electron chi connectivity index (χ3n) is 5.48. The standard InChI is InChI=1S/C25H22Br2N2O5S/c1-5-34-24(31)21-13(2)28-25-29(22(21)15-7-9-19(33-4)17(27)12-15)23(30)20(35-25)11-14-6-8-18(32-3)16(26)10-14/h6-12,22H,5H2,1-4H3/b20-11+/t22-/m0/s1. The normalized spacial score (nSPS) is 15.5. The molecule has 7 nitrogen and oxygen atoms in total. The van der Waals surface area contributed by atoms with Crippen LogP contribution in [0.15, 0.2) is 66.4 Å². The van der Waals surface area contributed by atoms with Crippen LogP contribution in [0.4, 0.5) is 0 Å². The maximum Gasteiger partial charge on any atom is 0.338 e. The van der Waals surface area contributed by atoms with Crippen molar-refractivity contribution in [2.24, 2.45) is 4.99 Å². The Bertz CT molecular complexity index is 1520. The second-order valence-corrected chi connectivity index (χ2v) is 10.3. The minimum Gasteiger partial charge on any atom is -0.496 e. The Morgan fingerprint density at radius 2 is 1.77 bits per heavy atom. The number of allylic oxidation sites excluding steroid dienone is 1. The number of hydrogen-bond donors (Lipinski definition) is 0. The SMILES string of the molecule is CCOC(=O)C1=C(C)N=c2s/c(=C/c3ccc(OC)c(Br)c3)c(=O)n2[C@H]1c1ccc(OC)c(Br)c1. The van der Waals surface area contributed by atoms with Crippen LogP contribution in [0.25, 0.3) is 6.08 Å². The van der Waals surface area contributed by atoms with Crippen LogP contribution in [0.1, 0.15) is 31.0 Å². The zero-order chi connectivity index (χ0) is 25.3. The first kappa shape index (κ1) is 25.4. The highest BCUT2D eigenvalue weighted by atomic mass is 79.9. The number of rotatable bonds is 6. The van der Waals surface area contributed by atoms with Crippen LogP contribution >= 0.6 is 43.2 Å². The molecule has 0 saturated carbocycles. The summed E-state index contributed by atoms with van der Waals surface area (Å²) in [6.07, 6.45) is 1.80. The first-order chi connectivity index (χ1) is 16.8. The second kappa shape index (κ2) is 10.5. The number of methoxy groups -OCH3 is 2. The predicted octanol–water partition coefficient (Wildman–Crippen LogP) is 4.34. The number of halogens is 2. The van der Waals surface area contributed by atoms with Crippen LogP contribution in [0, 0.1) is 0 Å². The fraction of sp³-hybridized carbons (Fsp3) is 0.240. The molecule has 0 amide bonds. The van der Waals surface area contributed by atoms with Crippen LogP contribution in [-0.2, 0) is 9.53 Å². The summed E-state index contributed by atoms with van der Waals surface area (Å²) < 4.78 is 19.5. The molecule has 35 heavy (non-hydrogen) atoms. The van der Waals surface area contributed by atoms with Gasteiger partial charge < -0.3 is 14.2 Å². The van der Waals surface area contributed by atoms with E-state index in [-0.39, 0.29) is 12.2 Å². The van der Waals surface area contributed by atoms with Crippen molar-refractivity contribution < 1.29 is 19.0 Å². The largest absolute Gasteiger partial charge is 0.496 e. The van der Waals surface area contributed by atoms with Gasteiger partial charge in [0.1, 0.15) is 11.5 Å². The molecule has 0 N–H and O–H groups in total. The summed E-state index contributed by atoms with van der Waals surface area (Å²) in [6, 6.07) is 10.4. The molecule has 0 saturated heterocycles. The number of nitrogens with zero attached hydrogens (tertiary/aromatic N) is 2. The number of benzene rings is 2. The summed E-state index contributed by atoms with van der Waals surface area (Å²) in [6.45, 7) is 3.72. The topological polar surface area (TPSA) is 79.1 Å². The Kier molecular flexibility index (Phi) is 7.63. The number of esters is 1. The summed E-state index contributed by atoms with van der Waals surface area (Å²) in [5, 5.41) is 0. The average molecular weight is 622 g/mol. The summed E-state index contributed by atoms with van der Waals surface area (Å²) in [5.41, 5.74) is 2.16. The molecule has 1 atom stereocenters. The minimum atomic E-state index is -0.697. The number of ether oxygens (including phenoxy) is 3. The molecule has 0 unspecified atom stereocenters. The van der Waals surface area contributed by atoms with Gasteiger partial charge in [-0.1, -0.05) is 23.5 Å². The lowest BCUT2D eigenvalue weighted by Gasteiger charge is -2.25.